The van der Waals surface area contributed by atoms with Gasteiger partial charge in [-0.3, -0.25) is 43.3 Å². The molecule has 0 saturated carbocycles. The van der Waals surface area contributed by atoms with Crippen molar-refractivity contribution in [2.75, 3.05) is 21.7 Å². The molecule has 8 amide bonds. The molecule has 526 valence electrons. The second kappa shape index (κ2) is 27.2. The Hall–Kier alpha value is -13.7. The van der Waals surface area contributed by atoms with E-state index in [9.17, 15) is 46.8 Å². The van der Waals surface area contributed by atoms with Gasteiger partial charge in [-0.05, 0) is 211 Å². The minimum Gasteiger partial charge on any atom is -0.457 e. The maximum absolute atomic E-state index is 13.6. The number of hydrogen-bond donors (Lipinski definition) is 0. The molecule has 18 nitrogen and oxygen atoms in total. The zero-order valence-corrected chi connectivity index (χ0v) is 59.3. The normalized spacial score (nSPS) is 13.9. The summed E-state index contributed by atoms with van der Waals surface area (Å²) in [6.45, 7) is 10.3. The van der Waals surface area contributed by atoms with Gasteiger partial charge in [0.05, 0.1) is 71.4 Å². The summed E-state index contributed by atoms with van der Waals surface area (Å²) in [4.78, 5) is 108. The quantitative estimate of drug-likeness (QED) is 0.0774. The van der Waals surface area contributed by atoms with Gasteiger partial charge in [0.25, 0.3) is 47.3 Å². The SMILES string of the molecule is CN1C(=O)c2ccc(Oc3ccc(C(C)(C)c4ccc(Oc5ccc6c(c5)C(=O)N(c5ccccc5)C6=O)cc4)cc3)cc2C1=O.Cc1ccc(S(=O)(=O)c2ccc(N3C(=O)c4ccc(Oc5ccc(C(C)(C)c6ccc(Oc7ccc8c(c7)C(=O)N(c7ccccc7)C8=O)cc6)cc5)cc4C3=O)cc2)cc1. The molecular weight excluding hydrogens is 1370 g/mol. The van der Waals surface area contributed by atoms with Gasteiger partial charge >= 0.3 is 0 Å². The van der Waals surface area contributed by atoms with Crippen LogP contribution in [0, 0.1) is 6.92 Å². The highest BCUT2D eigenvalue weighted by Crippen LogP contribution is 2.41. The van der Waals surface area contributed by atoms with Gasteiger partial charge in [0.2, 0.25) is 9.84 Å². The van der Waals surface area contributed by atoms with Crippen molar-refractivity contribution in [3.05, 3.63) is 351 Å². The standard InChI is InChI=1S/C50H36N2O8S.C38H28N2O6/c1-31-9-23-40(24-10-31)61(57,58)41-25-15-35(16-26-41)52-47(54)43-28-22-39(30-45(43)49(52)56)60-37-19-13-33(14-20-37)50(2,3)32-11-17-36(18-12-32)59-38-21-27-42-44(29-38)48(55)51(46(42)53)34-7-5-4-6-8-34;1-38(2,23-9-13-26(14-10-23)45-28-17-19-30-32(21-28)35(42)39(3)34(30)41)24-11-15-27(16-12-24)46-29-18-20-31-33(22-29)37(44)40(36(31)43)25-7-5-4-6-8-25/h4-30H,1-3H3;4-22H,1-3H3. The first kappa shape index (κ1) is 69.1. The fourth-order valence-electron chi connectivity index (χ4n) is 13.4. The van der Waals surface area contributed by atoms with Gasteiger partial charge in [-0.25, -0.2) is 23.1 Å². The van der Waals surface area contributed by atoms with Crippen molar-refractivity contribution in [1.82, 2.24) is 4.90 Å². The average molecular weight is 1430 g/mol. The summed E-state index contributed by atoms with van der Waals surface area (Å²) in [6.07, 6.45) is 0. The van der Waals surface area contributed by atoms with Crippen LogP contribution in [0.3, 0.4) is 0 Å². The number of hydrogen-bond acceptors (Lipinski definition) is 14. The van der Waals surface area contributed by atoms with Gasteiger partial charge < -0.3 is 18.9 Å². The number of aryl methyl sites for hydroxylation is 1. The van der Waals surface area contributed by atoms with Crippen molar-refractivity contribution in [2.45, 2.75) is 55.2 Å². The van der Waals surface area contributed by atoms with E-state index in [-0.39, 0.29) is 67.1 Å². The molecule has 0 fully saturated rings. The summed E-state index contributed by atoms with van der Waals surface area (Å²) < 4.78 is 50.6. The Morgan fingerprint density at radius 1 is 0.262 bits per heavy atom. The predicted molar refractivity (Wildman–Crippen MR) is 402 cm³/mol. The van der Waals surface area contributed by atoms with Crippen LogP contribution >= 0.6 is 0 Å². The summed E-state index contributed by atoms with van der Waals surface area (Å²) in [5.74, 6) is 0.850. The van der Waals surface area contributed by atoms with Gasteiger partial charge in [-0.2, -0.15) is 0 Å². The number of sulfone groups is 1. The fraction of sp³-hybridized carbons (Fsp3) is 0.0909. The van der Waals surface area contributed by atoms with Gasteiger partial charge in [0.15, 0.2) is 0 Å². The smallest absolute Gasteiger partial charge is 0.266 e. The van der Waals surface area contributed by atoms with Crippen LogP contribution < -0.4 is 33.6 Å². The van der Waals surface area contributed by atoms with Crippen molar-refractivity contribution < 1.29 is 65.7 Å². The Bertz CT molecular complexity index is 5770. The fourth-order valence-corrected chi connectivity index (χ4v) is 14.6. The van der Waals surface area contributed by atoms with Gasteiger partial charge in [0, 0.05) is 17.9 Å². The van der Waals surface area contributed by atoms with E-state index < -0.39 is 33.0 Å². The van der Waals surface area contributed by atoms with Gasteiger partial charge in [-0.1, -0.05) is 130 Å². The highest BCUT2D eigenvalue weighted by atomic mass is 32.2. The molecule has 107 heavy (non-hydrogen) atoms. The number of carbonyl (C=O) groups is 8. The van der Waals surface area contributed by atoms with Crippen molar-refractivity contribution in [2.24, 2.45) is 0 Å². The van der Waals surface area contributed by atoms with Crippen LogP contribution in [0.5, 0.6) is 46.0 Å². The molecule has 12 aromatic carbocycles. The van der Waals surface area contributed by atoms with Crippen LogP contribution in [0.25, 0.3) is 0 Å². The highest BCUT2D eigenvalue weighted by Gasteiger charge is 2.41. The zero-order chi connectivity index (χ0) is 74.8. The van der Waals surface area contributed by atoms with Gasteiger partial charge in [0.1, 0.15) is 46.0 Å². The lowest BCUT2D eigenvalue weighted by molar-refractivity contribution is 0.0690. The van der Waals surface area contributed by atoms with Crippen LogP contribution in [-0.4, -0.2) is 67.6 Å². The number of carbonyl (C=O) groups excluding carboxylic acids is 8. The van der Waals surface area contributed by atoms with Gasteiger partial charge in [-0.15, -0.1) is 0 Å². The largest absolute Gasteiger partial charge is 0.457 e. The second-order valence-corrected chi connectivity index (χ2v) is 29.0. The Morgan fingerprint density at radius 3 is 0.794 bits per heavy atom. The maximum atomic E-state index is 13.6. The molecule has 0 bridgehead atoms. The number of amides is 8. The van der Waals surface area contributed by atoms with E-state index in [2.05, 4.69) is 27.7 Å². The lowest BCUT2D eigenvalue weighted by Gasteiger charge is -2.26. The average Bonchev–Trinajstić information content (AvgIpc) is 1.78. The molecule has 0 aromatic heterocycles. The van der Waals surface area contributed by atoms with E-state index in [1.807, 2.05) is 116 Å². The summed E-state index contributed by atoms with van der Waals surface area (Å²) in [7, 11) is -2.32. The van der Waals surface area contributed by atoms with E-state index in [1.165, 1.54) is 47.2 Å². The van der Waals surface area contributed by atoms with Crippen LogP contribution in [-0.2, 0) is 20.7 Å². The molecule has 4 aliphatic rings. The Morgan fingerprint density at radius 2 is 0.495 bits per heavy atom. The van der Waals surface area contributed by atoms with E-state index in [1.54, 1.807) is 140 Å². The minimum atomic E-state index is -3.79. The number of anilines is 3. The molecule has 0 unspecified atom stereocenters. The first-order valence-electron chi connectivity index (χ1n) is 34.1. The molecule has 4 heterocycles. The third-order valence-corrected chi connectivity index (χ3v) is 21.4. The van der Waals surface area contributed by atoms with E-state index >= 15 is 0 Å². The molecule has 16 rings (SSSR count). The van der Waals surface area contributed by atoms with E-state index in [4.69, 9.17) is 18.9 Å². The van der Waals surface area contributed by atoms with E-state index in [0.717, 1.165) is 37.6 Å². The molecule has 4 aliphatic heterocycles. The number of para-hydroxylation sites is 2. The summed E-state index contributed by atoms with van der Waals surface area (Å²) >= 11 is 0. The Balaban J connectivity index is 0.000000178. The number of nitrogens with zero attached hydrogens (tertiary/aromatic N) is 4. The summed E-state index contributed by atoms with van der Waals surface area (Å²) in [5, 5.41) is 0. The van der Waals surface area contributed by atoms with Crippen LogP contribution in [0.2, 0.25) is 0 Å². The second-order valence-electron chi connectivity index (χ2n) is 27.1. The number of rotatable bonds is 17. The predicted octanol–water partition coefficient (Wildman–Crippen LogP) is 18.0. The molecule has 0 spiro atoms. The maximum Gasteiger partial charge on any atom is 0.266 e. The number of benzene rings is 12. The van der Waals surface area contributed by atoms with E-state index in [0.29, 0.717) is 85.2 Å². The Kier molecular flexibility index (Phi) is 17.6. The molecule has 19 heteroatoms. The van der Waals surface area contributed by atoms with Crippen LogP contribution in [0.4, 0.5) is 17.1 Å². The molecule has 0 aliphatic carbocycles. The topological polar surface area (TPSA) is 221 Å². The lowest BCUT2D eigenvalue weighted by atomic mass is 9.78. The number of fused-ring (bicyclic) bond motifs is 4. The van der Waals surface area contributed by atoms with Crippen molar-refractivity contribution in [3.63, 3.8) is 0 Å². The van der Waals surface area contributed by atoms with Crippen LogP contribution in [0.15, 0.2) is 289 Å². The summed E-state index contributed by atoms with van der Waals surface area (Å²) in [5.41, 5.74) is 8.03. The third kappa shape index (κ3) is 12.8. The monoisotopic (exact) mass is 1430 g/mol. The lowest BCUT2D eigenvalue weighted by Crippen LogP contribution is -2.29. The first-order valence-corrected chi connectivity index (χ1v) is 35.6. The van der Waals surface area contributed by atoms with Crippen LogP contribution in [0.1, 0.15) is 138 Å². The van der Waals surface area contributed by atoms with Crippen molar-refractivity contribution >= 4 is 74.2 Å². The zero-order valence-electron chi connectivity index (χ0n) is 58.5. The molecule has 0 atom stereocenters. The number of imide groups is 4. The molecular formula is C88H64N4O14S. The summed E-state index contributed by atoms with van der Waals surface area (Å²) in [6, 6.07) is 80.1. The third-order valence-electron chi connectivity index (χ3n) is 19.6. The molecule has 0 saturated heterocycles. The first-order chi connectivity index (χ1) is 51.4. The minimum absolute atomic E-state index is 0.0498. The van der Waals surface area contributed by atoms with Crippen molar-refractivity contribution in [3.8, 4) is 46.0 Å². The highest BCUT2D eigenvalue weighted by molar-refractivity contribution is 7.91. The van der Waals surface area contributed by atoms with Crippen molar-refractivity contribution in [1.29, 1.82) is 0 Å². The molecule has 0 N–H and O–H groups in total. The molecule has 0 radical (unpaired) electrons. The Labute approximate surface area is 615 Å². The number of ether oxygens (including phenoxy) is 4. The molecule has 12 aromatic rings.